The predicted octanol–water partition coefficient (Wildman–Crippen LogP) is 12.0. The maximum atomic E-state index is 12.1. The minimum Gasteiger partial charge on any atom is -0.748 e. The van der Waals surface area contributed by atoms with Crippen LogP contribution >= 0.6 is 0 Å². The van der Waals surface area contributed by atoms with Gasteiger partial charge in [-0.15, -0.1) is 0 Å². The van der Waals surface area contributed by atoms with Crippen molar-refractivity contribution in [2.24, 2.45) is 22.2 Å². The van der Waals surface area contributed by atoms with Crippen molar-refractivity contribution in [2.45, 2.75) is 172 Å². The number of phenols is 1. The van der Waals surface area contributed by atoms with Gasteiger partial charge in [-0.05, 0) is 165 Å². The van der Waals surface area contributed by atoms with Crippen LogP contribution in [0.4, 0.5) is 0 Å². The summed E-state index contributed by atoms with van der Waals surface area (Å²) in [6.07, 6.45) is 3.97. The molecule has 0 saturated carbocycles. The smallest absolute Gasteiger partial charge is 0.316 e. The van der Waals surface area contributed by atoms with E-state index < -0.39 is 43.8 Å². The van der Waals surface area contributed by atoms with E-state index in [2.05, 4.69) is 103 Å². The Bertz CT molecular complexity index is 2720. The molecule has 1 aliphatic carbocycles. The molecule has 0 radical (unpaired) electrons. The molecule has 14 nitrogen and oxygen atoms in total. The summed E-state index contributed by atoms with van der Waals surface area (Å²) in [6, 6.07) is 46.6. The van der Waals surface area contributed by atoms with Crippen molar-refractivity contribution in [3.8, 4) is 11.5 Å². The lowest BCUT2D eigenvalue weighted by Gasteiger charge is -2.27. The van der Waals surface area contributed by atoms with Gasteiger partial charge in [0.2, 0.25) is 0 Å². The quantitative estimate of drug-likeness (QED) is 0.0244. The van der Waals surface area contributed by atoms with E-state index in [-0.39, 0.29) is 71.5 Å². The Kier molecular flexibility index (Phi) is 23.3. The first-order valence-corrected chi connectivity index (χ1v) is 29.8. The SMILES string of the molecule is CCC(C)(C)C(=O)OC1C2CC3C(=O)OC1C3O2.CCC(C)(C)C(=O)OCOC1Cc2ccccc2C1.CCC(C)(C)C(=O)Oc1ccc(O)cc1.CCC(C)S(=O)(=O)[O-].c1ccc([S+](c2ccccc2)c2ccccc2)cc1. The molecule has 1 N–H and O–H groups in total. The summed E-state index contributed by atoms with van der Waals surface area (Å²) in [5, 5.41) is 8.32. The zero-order valence-electron chi connectivity index (χ0n) is 47.5. The van der Waals surface area contributed by atoms with Gasteiger partial charge in [0.25, 0.3) is 0 Å². The lowest BCUT2D eigenvalue weighted by atomic mass is 9.87. The van der Waals surface area contributed by atoms with Crippen molar-refractivity contribution >= 4 is 44.9 Å². The highest BCUT2D eigenvalue weighted by atomic mass is 32.2. The molecule has 5 aromatic rings. The van der Waals surface area contributed by atoms with Gasteiger partial charge in [0, 0.05) is 5.25 Å². The van der Waals surface area contributed by atoms with Crippen molar-refractivity contribution in [1.29, 1.82) is 0 Å². The lowest BCUT2D eigenvalue weighted by Crippen LogP contribution is -2.42. The third-order valence-corrected chi connectivity index (χ3v) is 18.4. The van der Waals surface area contributed by atoms with Crippen LogP contribution in [0.25, 0.3) is 0 Å². The number of phenolic OH excluding ortho intramolecular Hbond substituents is 1. The van der Waals surface area contributed by atoms with E-state index in [1.807, 2.05) is 74.4 Å². The number of esters is 4. The second kappa shape index (κ2) is 28.9. The summed E-state index contributed by atoms with van der Waals surface area (Å²) in [5.74, 6) is -0.425. The van der Waals surface area contributed by atoms with E-state index in [0.29, 0.717) is 25.0 Å². The molecule has 0 amide bonds. The minimum atomic E-state index is -4.00. The number of carbonyl (C=O) groups is 4. The van der Waals surface area contributed by atoms with Crippen molar-refractivity contribution in [1.82, 2.24) is 0 Å². The molecule has 428 valence electrons. The van der Waals surface area contributed by atoms with Gasteiger partial charge in [-0.1, -0.05) is 107 Å². The van der Waals surface area contributed by atoms with Gasteiger partial charge in [-0.2, -0.15) is 0 Å². The molecule has 2 bridgehead atoms. The number of ether oxygens (including phenoxy) is 6. The highest BCUT2D eigenvalue weighted by Gasteiger charge is 2.65. The van der Waals surface area contributed by atoms with Crippen LogP contribution in [0.5, 0.6) is 11.5 Å². The summed E-state index contributed by atoms with van der Waals surface area (Å²) >= 11 is 0. The molecule has 4 aliphatic rings. The molecule has 5 aromatic carbocycles. The topological polar surface area (TPSA) is 201 Å². The fourth-order valence-electron chi connectivity index (χ4n) is 8.16. The Morgan fingerprint density at radius 2 is 1.10 bits per heavy atom. The maximum Gasteiger partial charge on any atom is 0.316 e. The first kappa shape index (κ1) is 63.8. The molecule has 6 atom stereocenters. The first-order valence-electron chi connectivity index (χ1n) is 27.1. The molecule has 6 unspecified atom stereocenters. The molecule has 9 rings (SSSR count). The number of fused-ring (bicyclic) bond motifs is 2. The van der Waals surface area contributed by atoms with Crippen LogP contribution in [0.15, 0.2) is 154 Å². The second-order valence-corrected chi connectivity index (χ2v) is 25.6. The highest BCUT2D eigenvalue weighted by Crippen LogP contribution is 2.48. The van der Waals surface area contributed by atoms with E-state index in [0.717, 1.165) is 25.7 Å². The largest absolute Gasteiger partial charge is 0.748 e. The molecule has 3 saturated heterocycles. The molecule has 3 aliphatic heterocycles. The highest BCUT2D eigenvalue weighted by molar-refractivity contribution is 7.97. The van der Waals surface area contributed by atoms with Crippen molar-refractivity contribution in [2.75, 3.05) is 6.79 Å². The third-order valence-electron chi connectivity index (χ3n) is 14.9. The van der Waals surface area contributed by atoms with E-state index >= 15 is 0 Å². The molecule has 3 fully saturated rings. The molecule has 0 spiro atoms. The van der Waals surface area contributed by atoms with E-state index in [9.17, 15) is 32.1 Å². The fraction of sp³-hybridized carbons (Fsp3) is 0.460. The number of hydrogen-bond acceptors (Lipinski definition) is 14. The van der Waals surface area contributed by atoms with Gasteiger partial charge in [0.15, 0.2) is 33.7 Å². The number of hydrogen-bond donors (Lipinski definition) is 1. The molecule has 79 heavy (non-hydrogen) atoms. The van der Waals surface area contributed by atoms with Crippen LogP contribution < -0.4 is 4.74 Å². The Balaban J connectivity index is 0.000000186. The Morgan fingerprint density at radius 3 is 1.53 bits per heavy atom. The normalized spacial score (nSPS) is 19.3. The van der Waals surface area contributed by atoms with Crippen molar-refractivity contribution < 1.29 is 65.7 Å². The second-order valence-electron chi connectivity index (χ2n) is 21.8. The number of rotatable bonds is 16. The van der Waals surface area contributed by atoms with Crippen LogP contribution in [0.2, 0.25) is 0 Å². The summed E-state index contributed by atoms with van der Waals surface area (Å²) < 4.78 is 62.5. The summed E-state index contributed by atoms with van der Waals surface area (Å²) in [4.78, 5) is 51.1. The van der Waals surface area contributed by atoms with Gasteiger partial charge in [0.1, 0.15) is 17.6 Å². The fourth-order valence-corrected chi connectivity index (χ4v) is 10.7. The number of carbonyl (C=O) groups excluding carboxylic acids is 4. The van der Waals surface area contributed by atoms with E-state index in [1.54, 1.807) is 19.1 Å². The zero-order chi connectivity index (χ0) is 58.1. The van der Waals surface area contributed by atoms with Crippen molar-refractivity contribution in [3.05, 3.63) is 151 Å². The standard InChI is InChI=1S/C18H15S.C16H22O3.C13H18O5.C12H16O3.C4H10O3S/c1-4-10-16(11-5-1)19(17-12-6-2-7-13-17)18-14-8-3-9-15-18;1-4-16(2,3)15(17)19-11-18-14-9-12-7-5-6-8-13(12)10-14;1-4-13(2,3)12(15)18-9-7-5-6-8(16-7)10(9)17-11(6)14;1-4-12(2,3)11(14)15-10-7-5-9(13)6-8-10;1-3-4(2)8(5,6)7/h1-15H;5-8,14H,4,9-11H2,1-3H3;6-10H,4-5H2,1-3H3;5-8,13H,4H2,1-3H3;4H,3H2,1-2H3,(H,5,6,7)/q+1;;;;/p-1. The van der Waals surface area contributed by atoms with E-state index in [4.69, 9.17) is 33.5 Å². The Morgan fingerprint density at radius 1 is 0.658 bits per heavy atom. The van der Waals surface area contributed by atoms with Gasteiger partial charge in [-0.25, -0.2) is 8.42 Å². The summed E-state index contributed by atoms with van der Waals surface area (Å²) in [6.45, 7) is 20.2. The average Bonchev–Trinajstić information content (AvgIpc) is 4.39. The molecule has 3 heterocycles. The summed E-state index contributed by atoms with van der Waals surface area (Å²) in [5.41, 5.74) is 1.27. The molecular weight excluding hydrogens is 1040 g/mol. The van der Waals surface area contributed by atoms with Crippen LogP contribution in [0.1, 0.15) is 119 Å². The third kappa shape index (κ3) is 18.0. The van der Waals surface area contributed by atoms with Crippen LogP contribution in [-0.2, 0) is 76.7 Å². The van der Waals surface area contributed by atoms with Crippen LogP contribution in [0.3, 0.4) is 0 Å². The van der Waals surface area contributed by atoms with Gasteiger partial charge in [0.05, 0.1) is 55.4 Å². The Hall–Kier alpha value is -6.04. The van der Waals surface area contributed by atoms with Crippen LogP contribution in [0, 0.1) is 22.2 Å². The summed E-state index contributed by atoms with van der Waals surface area (Å²) in [7, 11) is -4.02. The van der Waals surface area contributed by atoms with Crippen molar-refractivity contribution in [3.63, 3.8) is 0 Å². The number of aromatic hydroxyl groups is 1. The van der Waals surface area contributed by atoms with E-state index in [1.165, 1.54) is 44.9 Å². The zero-order valence-corrected chi connectivity index (χ0v) is 49.2. The molecule has 16 heteroatoms. The number of benzene rings is 5. The molecule has 0 aromatic heterocycles. The van der Waals surface area contributed by atoms with Gasteiger partial charge in [-0.3, -0.25) is 19.2 Å². The van der Waals surface area contributed by atoms with Crippen LogP contribution in [-0.4, -0.2) is 84.5 Å². The monoisotopic (exact) mass is 1120 g/mol. The lowest BCUT2D eigenvalue weighted by molar-refractivity contribution is -0.170. The van der Waals surface area contributed by atoms with Gasteiger partial charge < -0.3 is 38.1 Å². The maximum absolute atomic E-state index is 12.1. The average molecular weight is 1130 g/mol. The Labute approximate surface area is 471 Å². The first-order chi connectivity index (χ1) is 37.3. The minimum absolute atomic E-state index is 0.0146. The predicted molar refractivity (Wildman–Crippen MR) is 303 cm³/mol. The van der Waals surface area contributed by atoms with Gasteiger partial charge >= 0.3 is 23.9 Å². The molecular formula is C63H80O14S2.